The molecular formula is C25H21N3O3S. The number of nitrogens with zero attached hydrogens (tertiary/aromatic N) is 3. The third-order valence-corrected chi connectivity index (χ3v) is 5.99. The van der Waals surface area contributed by atoms with Crippen molar-refractivity contribution in [3.05, 3.63) is 78.3 Å². The van der Waals surface area contributed by atoms with E-state index in [-0.39, 0.29) is 12.5 Å². The van der Waals surface area contributed by atoms with E-state index in [9.17, 15) is 4.79 Å². The number of rotatable bonds is 7. The summed E-state index contributed by atoms with van der Waals surface area (Å²) in [5.74, 6) is 1.48. The lowest BCUT2D eigenvalue weighted by Crippen LogP contribution is -2.39. The van der Waals surface area contributed by atoms with Gasteiger partial charge in [0.25, 0.3) is 5.91 Å². The van der Waals surface area contributed by atoms with Crippen LogP contribution in [-0.4, -0.2) is 35.6 Å². The van der Waals surface area contributed by atoms with E-state index in [2.05, 4.69) is 4.98 Å². The van der Waals surface area contributed by atoms with Crippen molar-refractivity contribution in [3.63, 3.8) is 0 Å². The van der Waals surface area contributed by atoms with Crippen molar-refractivity contribution in [2.45, 2.75) is 6.42 Å². The molecule has 0 atom stereocenters. The van der Waals surface area contributed by atoms with Crippen LogP contribution in [0.4, 0.5) is 5.69 Å². The summed E-state index contributed by atoms with van der Waals surface area (Å²) >= 11 is 1.55. The number of pyridine rings is 1. The Bertz CT molecular complexity index is 1210. The number of amides is 1. The van der Waals surface area contributed by atoms with E-state index < -0.39 is 0 Å². The average molecular weight is 444 g/mol. The molecule has 0 saturated carbocycles. The molecule has 4 aromatic rings. The number of benzene rings is 2. The van der Waals surface area contributed by atoms with E-state index in [1.54, 1.807) is 22.4 Å². The highest BCUT2D eigenvalue weighted by Crippen LogP contribution is 2.37. The van der Waals surface area contributed by atoms with Crippen LogP contribution in [0.1, 0.15) is 6.42 Å². The lowest BCUT2D eigenvalue weighted by atomic mass is 10.1. The Morgan fingerprint density at radius 1 is 1.03 bits per heavy atom. The molecule has 1 aliphatic heterocycles. The molecule has 1 aliphatic rings. The van der Waals surface area contributed by atoms with E-state index in [0.717, 1.165) is 33.4 Å². The third-order valence-electron chi connectivity index (χ3n) is 5.12. The van der Waals surface area contributed by atoms with Gasteiger partial charge in [-0.25, -0.2) is 4.98 Å². The number of carbonyl (C=O) groups is 1. The summed E-state index contributed by atoms with van der Waals surface area (Å²) in [7, 11) is 0. The standard InChI is InChI=1S/C25H21N3O3S/c29-24-16-31-23-11-10-18(21-17-32-25(27-21)20-9-4-5-12-26-20)15-22(23)28(24)13-6-14-30-19-7-2-1-3-8-19/h1-5,7-12,15,17H,6,13-14,16H2. The fourth-order valence-electron chi connectivity index (χ4n) is 3.55. The van der Waals surface area contributed by atoms with Gasteiger partial charge in [-0.1, -0.05) is 24.3 Å². The van der Waals surface area contributed by atoms with Gasteiger partial charge in [-0.15, -0.1) is 11.3 Å². The number of hydrogen-bond acceptors (Lipinski definition) is 6. The number of fused-ring (bicyclic) bond motifs is 1. The van der Waals surface area contributed by atoms with Gasteiger partial charge in [0, 0.05) is 23.7 Å². The van der Waals surface area contributed by atoms with Gasteiger partial charge in [0.1, 0.15) is 16.5 Å². The van der Waals surface area contributed by atoms with Crippen LogP contribution < -0.4 is 14.4 Å². The minimum absolute atomic E-state index is 0.0480. The SMILES string of the molecule is O=C1COc2ccc(-c3csc(-c4ccccn4)n3)cc2N1CCCOc1ccccc1. The molecule has 160 valence electrons. The maximum Gasteiger partial charge on any atom is 0.265 e. The van der Waals surface area contributed by atoms with Crippen LogP contribution in [-0.2, 0) is 4.79 Å². The first-order valence-corrected chi connectivity index (χ1v) is 11.3. The predicted octanol–water partition coefficient (Wildman–Crippen LogP) is 5.07. The molecule has 5 rings (SSSR count). The molecule has 0 bridgehead atoms. The molecule has 1 amide bonds. The average Bonchev–Trinajstić information content (AvgIpc) is 3.34. The van der Waals surface area contributed by atoms with Crippen LogP contribution >= 0.6 is 11.3 Å². The monoisotopic (exact) mass is 443 g/mol. The number of carbonyl (C=O) groups excluding carboxylic acids is 1. The second-order valence-electron chi connectivity index (χ2n) is 7.28. The number of ether oxygens (including phenoxy) is 2. The number of hydrogen-bond donors (Lipinski definition) is 0. The summed E-state index contributed by atoms with van der Waals surface area (Å²) in [4.78, 5) is 23.5. The van der Waals surface area contributed by atoms with Gasteiger partial charge in [0.2, 0.25) is 0 Å². The van der Waals surface area contributed by atoms with E-state index >= 15 is 0 Å². The Kier molecular flexibility index (Phi) is 5.81. The maximum atomic E-state index is 12.6. The second-order valence-corrected chi connectivity index (χ2v) is 8.14. The topological polar surface area (TPSA) is 64.5 Å². The molecule has 3 heterocycles. The number of aromatic nitrogens is 2. The predicted molar refractivity (Wildman–Crippen MR) is 125 cm³/mol. The zero-order chi connectivity index (χ0) is 21.8. The van der Waals surface area contributed by atoms with Crippen LogP contribution in [0.5, 0.6) is 11.5 Å². The quantitative estimate of drug-likeness (QED) is 0.373. The molecule has 0 radical (unpaired) electrons. The van der Waals surface area contributed by atoms with E-state index in [4.69, 9.17) is 14.5 Å². The van der Waals surface area contributed by atoms with E-state index in [1.807, 2.05) is 72.1 Å². The number of para-hydroxylation sites is 1. The van der Waals surface area contributed by atoms with Gasteiger partial charge < -0.3 is 14.4 Å². The van der Waals surface area contributed by atoms with Gasteiger partial charge in [0.15, 0.2) is 6.61 Å². The Morgan fingerprint density at radius 3 is 2.75 bits per heavy atom. The van der Waals surface area contributed by atoms with E-state index in [1.165, 1.54) is 0 Å². The Morgan fingerprint density at radius 2 is 1.91 bits per heavy atom. The Hall–Kier alpha value is -3.71. The minimum atomic E-state index is -0.0539. The van der Waals surface area contributed by atoms with Crippen molar-refractivity contribution in [1.29, 1.82) is 0 Å². The van der Waals surface area contributed by atoms with Gasteiger partial charge in [-0.05, 0) is 48.9 Å². The zero-order valence-corrected chi connectivity index (χ0v) is 18.1. The zero-order valence-electron chi connectivity index (χ0n) is 17.3. The van der Waals surface area contributed by atoms with E-state index in [0.29, 0.717) is 25.3 Å². The lowest BCUT2D eigenvalue weighted by molar-refractivity contribution is -0.121. The molecule has 2 aromatic carbocycles. The molecule has 2 aromatic heterocycles. The molecule has 0 saturated heterocycles. The van der Waals surface area contributed by atoms with Crippen LogP contribution in [0.25, 0.3) is 22.0 Å². The Balaban J connectivity index is 1.32. The smallest absolute Gasteiger partial charge is 0.265 e. The maximum absolute atomic E-state index is 12.6. The van der Waals surface area contributed by atoms with Crippen molar-refractivity contribution in [3.8, 4) is 33.5 Å². The van der Waals surface area contributed by atoms with Crippen LogP contribution in [0.2, 0.25) is 0 Å². The summed E-state index contributed by atoms with van der Waals surface area (Å²) in [5.41, 5.74) is 3.40. The van der Waals surface area contributed by atoms with Crippen LogP contribution in [0.3, 0.4) is 0 Å². The summed E-state index contributed by atoms with van der Waals surface area (Å²) in [5, 5.41) is 2.87. The summed E-state index contributed by atoms with van der Waals surface area (Å²) in [6.45, 7) is 1.14. The molecule has 0 N–H and O–H groups in total. The van der Waals surface area contributed by atoms with Crippen molar-refractivity contribution in [1.82, 2.24) is 9.97 Å². The van der Waals surface area contributed by atoms with Crippen molar-refractivity contribution >= 4 is 22.9 Å². The first kappa shape index (κ1) is 20.2. The van der Waals surface area contributed by atoms with Gasteiger partial charge >= 0.3 is 0 Å². The molecular weight excluding hydrogens is 422 g/mol. The van der Waals surface area contributed by atoms with Crippen molar-refractivity contribution in [2.75, 3.05) is 24.7 Å². The summed E-state index contributed by atoms with van der Waals surface area (Å²) in [6.07, 6.45) is 2.47. The van der Waals surface area contributed by atoms with Gasteiger partial charge in [0.05, 0.1) is 23.7 Å². The van der Waals surface area contributed by atoms with Gasteiger partial charge in [-0.2, -0.15) is 0 Å². The fourth-order valence-corrected chi connectivity index (χ4v) is 4.35. The molecule has 0 aliphatic carbocycles. The molecule has 0 spiro atoms. The molecule has 32 heavy (non-hydrogen) atoms. The summed E-state index contributed by atoms with van der Waals surface area (Å²) < 4.78 is 11.4. The minimum Gasteiger partial charge on any atom is -0.494 e. The number of anilines is 1. The van der Waals surface area contributed by atoms with Crippen molar-refractivity contribution < 1.29 is 14.3 Å². The molecule has 0 unspecified atom stereocenters. The normalized spacial score (nSPS) is 12.9. The van der Waals surface area contributed by atoms with Crippen molar-refractivity contribution in [2.24, 2.45) is 0 Å². The van der Waals surface area contributed by atoms with Gasteiger partial charge in [-0.3, -0.25) is 9.78 Å². The summed E-state index contributed by atoms with van der Waals surface area (Å²) in [6, 6.07) is 21.3. The largest absolute Gasteiger partial charge is 0.494 e. The number of thiazole rings is 1. The Labute approximate surface area is 190 Å². The van der Waals surface area contributed by atoms with Crippen LogP contribution in [0.15, 0.2) is 78.3 Å². The second kappa shape index (κ2) is 9.20. The first-order chi connectivity index (χ1) is 15.8. The lowest BCUT2D eigenvalue weighted by Gasteiger charge is -2.29. The highest BCUT2D eigenvalue weighted by atomic mass is 32.1. The molecule has 0 fully saturated rings. The molecule has 6 nitrogen and oxygen atoms in total. The third kappa shape index (κ3) is 4.33. The highest BCUT2D eigenvalue weighted by molar-refractivity contribution is 7.13. The van der Waals surface area contributed by atoms with Crippen LogP contribution in [0, 0.1) is 0 Å². The first-order valence-electron chi connectivity index (χ1n) is 10.4. The fraction of sp³-hybridized carbons (Fsp3) is 0.160. The molecule has 7 heteroatoms. The highest BCUT2D eigenvalue weighted by Gasteiger charge is 2.26.